The summed E-state index contributed by atoms with van der Waals surface area (Å²) in [5, 5.41) is 3.29. The van der Waals surface area contributed by atoms with Gasteiger partial charge in [0.25, 0.3) is 0 Å². The van der Waals surface area contributed by atoms with Crippen molar-refractivity contribution in [3.05, 3.63) is 35.9 Å². The third kappa shape index (κ3) is 4.27. The first kappa shape index (κ1) is 15.5. The highest BCUT2D eigenvalue weighted by atomic mass is 35.5. The highest BCUT2D eigenvalue weighted by molar-refractivity contribution is 5.85. The smallest absolute Gasteiger partial charge is 0.00477 e. The summed E-state index contributed by atoms with van der Waals surface area (Å²) in [4.78, 5) is 2.61. The quantitative estimate of drug-likeness (QED) is 0.884. The summed E-state index contributed by atoms with van der Waals surface area (Å²) in [7, 11) is 2.05. The first-order chi connectivity index (χ1) is 8.29. The molecule has 0 aliphatic carbocycles. The number of halogens is 1. The van der Waals surface area contributed by atoms with E-state index >= 15 is 0 Å². The number of benzene rings is 1. The Kier molecular flexibility index (Phi) is 6.69. The molecular weight excluding hydrogens is 244 g/mol. The zero-order valence-corrected chi connectivity index (χ0v) is 12.2. The van der Waals surface area contributed by atoms with Crippen LogP contribution in [0.5, 0.6) is 0 Å². The summed E-state index contributed by atoms with van der Waals surface area (Å²) < 4.78 is 0. The van der Waals surface area contributed by atoms with Crippen LogP contribution in [0.25, 0.3) is 0 Å². The summed E-state index contributed by atoms with van der Waals surface area (Å²) in [5.41, 5.74) is 1.46. The van der Waals surface area contributed by atoms with Crippen LogP contribution in [0.4, 0.5) is 0 Å². The Morgan fingerprint density at radius 1 is 1.33 bits per heavy atom. The van der Waals surface area contributed by atoms with E-state index in [0.29, 0.717) is 5.92 Å². The standard InChI is InChI=1S/C15H24N2.ClH/c1-13(15-6-4-3-5-7-15)11-17-9-8-14(12-17)10-16-2;/h3-7,13-14,16H,8-12H2,1-2H3;1H. The molecule has 2 unspecified atom stereocenters. The fraction of sp³-hybridized carbons (Fsp3) is 0.600. The SMILES string of the molecule is CNCC1CCN(CC(C)c2ccccc2)C1.Cl. The molecule has 0 radical (unpaired) electrons. The molecule has 1 aromatic carbocycles. The van der Waals surface area contributed by atoms with E-state index in [0.717, 1.165) is 12.5 Å². The molecule has 1 aliphatic rings. The molecule has 1 fully saturated rings. The van der Waals surface area contributed by atoms with Gasteiger partial charge in [-0.3, -0.25) is 0 Å². The Bertz CT molecular complexity index is 329. The second kappa shape index (κ2) is 7.78. The van der Waals surface area contributed by atoms with Crippen LogP contribution >= 0.6 is 12.4 Å². The Balaban J connectivity index is 0.00000162. The molecule has 1 heterocycles. The Hall–Kier alpha value is -0.570. The third-order valence-corrected chi connectivity index (χ3v) is 3.76. The van der Waals surface area contributed by atoms with E-state index in [-0.39, 0.29) is 12.4 Å². The summed E-state index contributed by atoms with van der Waals surface area (Å²) in [5.74, 6) is 1.49. The van der Waals surface area contributed by atoms with Crippen molar-refractivity contribution in [2.24, 2.45) is 5.92 Å². The summed E-state index contributed by atoms with van der Waals surface area (Å²) >= 11 is 0. The topological polar surface area (TPSA) is 15.3 Å². The van der Waals surface area contributed by atoms with Gasteiger partial charge in [-0.1, -0.05) is 37.3 Å². The van der Waals surface area contributed by atoms with Crippen molar-refractivity contribution in [1.82, 2.24) is 10.2 Å². The fourth-order valence-electron chi connectivity index (χ4n) is 2.81. The normalized spacial score (nSPS) is 21.6. The summed E-state index contributed by atoms with van der Waals surface area (Å²) in [6.45, 7) is 7.22. The fourth-order valence-corrected chi connectivity index (χ4v) is 2.81. The second-order valence-electron chi connectivity index (χ2n) is 5.28. The highest BCUT2D eigenvalue weighted by Gasteiger charge is 2.23. The van der Waals surface area contributed by atoms with E-state index in [9.17, 15) is 0 Å². The van der Waals surface area contributed by atoms with Gasteiger partial charge in [-0.25, -0.2) is 0 Å². The molecule has 0 amide bonds. The van der Waals surface area contributed by atoms with Crippen molar-refractivity contribution in [1.29, 1.82) is 0 Å². The van der Waals surface area contributed by atoms with Crippen molar-refractivity contribution in [2.45, 2.75) is 19.3 Å². The predicted molar refractivity (Wildman–Crippen MR) is 80.6 cm³/mol. The molecule has 1 aliphatic heterocycles. The molecule has 0 bridgehead atoms. The minimum absolute atomic E-state index is 0. The van der Waals surface area contributed by atoms with Crippen LogP contribution in [0, 0.1) is 5.92 Å². The van der Waals surface area contributed by atoms with Crippen molar-refractivity contribution in [3.63, 3.8) is 0 Å². The molecule has 1 N–H and O–H groups in total. The van der Waals surface area contributed by atoms with E-state index in [1.165, 1.54) is 31.6 Å². The molecule has 102 valence electrons. The molecular formula is C15H25ClN2. The Morgan fingerprint density at radius 2 is 2.06 bits per heavy atom. The minimum Gasteiger partial charge on any atom is -0.319 e. The zero-order valence-electron chi connectivity index (χ0n) is 11.4. The van der Waals surface area contributed by atoms with E-state index < -0.39 is 0 Å². The molecule has 18 heavy (non-hydrogen) atoms. The molecule has 1 aromatic rings. The van der Waals surface area contributed by atoms with Gasteiger partial charge in [0.2, 0.25) is 0 Å². The summed E-state index contributed by atoms with van der Waals surface area (Å²) in [6, 6.07) is 10.9. The van der Waals surface area contributed by atoms with E-state index in [1.54, 1.807) is 0 Å². The largest absolute Gasteiger partial charge is 0.319 e. The molecule has 2 atom stereocenters. The monoisotopic (exact) mass is 268 g/mol. The maximum absolute atomic E-state index is 3.29. The van der Waals surface area contributed by atoms with Crippen LogP contribution in [0.1, 0.15) is 24.8 Å². The van der Waals surface area contributed by atoms with Crippen LogP contribution in [-0.2, 0) is 0 Å². The van der Waals surface area contributed by atoms with Gasteiger partial charge in [0, 0.05) is 13.1 Å². The average Bonchev–Trinajstić information content (AvgIpc) is 2.78. The van der Waals surface area contributed by atoms with Gasteiger partial charge in [0.15, 0.2) is 0 Å². The van der Waals surface area contributed by atoms with E-state index in [4.69, 9.17) is 0 Å². The molecule has 0 spiro atoms. The van der Waals surface area contributed by atoms with Gasteiger partial charge in [-0.2, -0.15) is 0 Å². The maximum Gasteiger partial charge on any atom is 0.00477 e. The first-order valence-corrected chi connectivity index (χ1v) is 6.71. The van der Waals surface area contributed by atoms with Gasteiger partial charge in [-0.05, 0) is 44.0 Å². The number of nitrogens with one attached hydrogen (secondary N) is 1. The van der Waals surface area contributed by atoms with Crippen LogP contribution in [0.2, 0.25) is 0 Å². The molecule has 2 nitrogen and oxygen atoms in total. The van der Waals surface area contributed by atoms with Gasteiger partial charge >= 0.3 is 0 Å². The average molecular weight is 269 g/mol. The number of hydrogen-bond donors (Lipinski definition) is 1. The predicted octanol–water partition coefficient (Wildman–Crippen LogP) is 2.75. The van der Waals surface area contributed by atoms with E-state index in [2.05, 4.69) is 54.5 Å². The van der Waals surface area contributed by atoms with Crippen molar-refractivity contribution in [3.8, 4) is 0 Å². The first-order valence-electron chi connectivity index (χ1n) is 6.71. The lowest BCUT2D eigenvalue weighted by molar-refractivity contribution is 0.307. The number of hydrogen-bond acceptors (Lipinski definition) is 2. The van der Waals surface area contributed by atoms with Gasteiger partial charge in [0.05, 0.1) is 0 Å². The molecule has 1 saturated heterocycles. The Morgan fingerprint density at radius 3 is 2.72 bits per heavy atom. The van der Waals surface area contributed by atoms with Crippen molar-refractivity contribution >= 4 is 12.4 Å². The molecule has 0 aromatic heterocycles. The lowest BCUT2D eigenvalue weighted by Gasteiger charge is -2.21. The lowest BCUT2D eigenvalue weighted by Crippen LogP contribution is -2.27. The van der Waals surface area contributed by atoms with Crippen LogP contribution in [0.3, 0.4) is 0 Å². The van der Waals surface area contributed by atoms with Gasteiger partial charge in [-0.15, -0.1) is 12.4 Å². The van der Waals surface area contributed by atoms with Gasteiger partial charge in [0.1, 0.15) is 0 Å². The lowest BCUT2D eigenvalue weighted by atomic mass is 10.0. The zero-order chi connectivity index (χ0) is 12.1. The molecule has 2 rings (SSSR count). The van der Waals surface area contributed by atoms with Crippen molar-refractivity contribution < 1.29 is 0 Å². The number of rotatable bonds is 5. The van der Waals surface area contributed by atoms with Crippen LogP contribution < -0.4 is 5.32 Å². The summed E-state index contributed by atoms with van der Waals surface area (Å²) in [6.07, 6.45) is 1.35. The molecule has 0 saturated carbocycles. The minimum atomic E-state index is 0. The number of nitrogens with zero attached hydrogens (tertiary/aromatic N) is 1. The van der Waals surface area contributed by atoms with Crippen molar-refractivity contribution in [2.75, 3.05) is 33.2 Å². The molecule has 3 heteroatoms. The second-order valence-corrected chi connectivity index (χ2v) is 5.28. The van der Waals surface area contributed by atoms with Gasteiger partial charge < -0.3 is 10.2 Å². The van der Waals surface area contributed by atoms with Crippen LogP contribution in [0.15, 0.2) is 30.3 Å². The van der Waals surface area contributed by atoms with E-state index in [1.807, 2.05) is 0 Å². The third-order valence-electron chi connectivity index (χ3n) is 3.76. The number of likely N-dealkylation sites (tertiary alicyclic amines) is 1. The highest BCUT2D eigenvalue weighted by Crippen LogP contribution is 2.21. The van der Waals surface area contributed by atoms with Crippen LogP contribution in [-0.4, -0.2) is 38.1 Å². The Labute approximate surface area is 117 Å². The maximum atomic E-state index is 3.29.